The zero-order chi connectivity index (χ0) is 22.6. The first-order chi connectivity index (χ1) is 14.7. The Bertz CT molecular complexity index is 867. The highest BCUT2D eigenvalue weighted by Gasteiger charge is 2.41. The van der Waals surface area contributed by atoms with Crippen LogP contribution in [0.5, 0.6) is 0 Å². The number of pyridine rings is 1. The van der Waals surface area contributed by atoms with E-state index in [-0.39, 0.29) is 23.9 Å². The summed E-state index contributed by atoms with van der Waals surface area (Å²) in [6.07, 6.45) is 3.57. The first kappa shape index (κ1) is 23.3. The topological polar surface area (TPSA) is 134 Å². The molecule has 2 fully saturated rings. The highest BCUT2D eigenvalue weighted by Crippen LogP contribution is 2.44. The molecule has 0 aliphatic carbocycles. The number of carbonyl (C=O) groups excluding carboxylic acids is 2. The maximum absolute atomic E-state index is 12.2. The summed E-state index contributed by atoms with van der Waals surface area (Å²) >= 11 is 0. The fourth-order valence-electron chi connectivity index (χ4n) is 3.81. The van der Waals surface area contributed by atoms with Gasteiger partial charge in [-0.15, -0.1) is 0 Å². The molecule has 0 spiro atoms. The van der Waals surface area contributed by atoms with Gasteiger partial charge in [0.1, 0.15) is 17.3 Å². The third kappa shape index (κ3) is 5.88. The van der Waals surface area contributed by atoms with Crippen LogP contribution >= 0.6 is 21.6 Å². The number of carboxylic acids is 1. The molecule has 3 heterocycles. The Labute approximate surface area is 187 Å². The number of rotatable bonds is 10. The van der Waals surface area contributed by atoms with Crippen molar-refractivity contribution in [2.75, 3.05) is 19.6 Å². The number of likely N-dealkylation sites (tertiary alicyclic amines) is 2. The molecule has 12 heteroatoms. The van der Waals surface area contributed by atoms with Crippen LogP contribution in [0, 0.1) is 10.1 Å². The van der Waals surface area contributed by atoms with Crippen LogP contribution in [0.4, 0.5) is 5.69 Å². The molecular formula is C19H24N4O6S2. The molecule has 2 aliphatic heterocycles. The van der Waals surface area contributed by atoms with Crippen LogP contribution in [-0.4, -0.2) is 73.0 Å². The molecule has 2 amide bonds. The Morgan fingerprint density at radius 1 is 1.29 bits per heavy atom. The van der Waals surface area contributed by atoms with Crippen LogP contribution in [0.25, 0.3) is 0 Å². The van der Waals surface area contributed by atoms with Crippen LogP contribution in [0.15, 0.2) is 23.4 Å². The van der Waals surface area contributed by atoms with E-state index in [2.05, 4.69) is 4.98 Å². The van der Waals surface area contributed by atoms with Crippen molar-refractivity contribution < 1.29 is 24.4 Å². The minimum atomic E-state index is -1.06. The van der Waals surface area contributed by atoms with Gasteiger partial charge in [-0.05, 0) is 43.0 Å². The van der Waals surface area contributed by atoms with Crippen molar-refractivity contribution in [3.8, 4) is 0 Å². The lowest BCUT2D eigenvalue weighted by molar-refractivity contribution is -0.385. The average Bonchev–Trinajstić information content (AvgIpc) is 3.33. The standard InChI is InChI=1S/C19H24N4O6S2/c1-19(12-21-8-2-4-16(21)24,10-14(18(26)27)22-9-3-5-17(22)25)31-30-15-7-6-13(11-20-15)23(28)29/h6-7,11,14H,2-5,8-10,12H2,1H3,(H,26,27). The smallest absolute Gasteiger partial charge is 0.326 e. The summed E-state index contributed by atoms with van der Waals surface area (Å²) in [6.45, 7) is 3.27. The second kappa shape index (κ2) is 9.86. The second-order valence-electron chi connectivity index (χ2n) is 7.90. The first-order valence-electron chi connectivity index (χ1n) is 9.95. The number of carboxylic acid groups (broad SMARTS) is 1. The van der Waals surface area contributed by atoms with Crippen molar-refractivity contribution in [3.63, 3.8) is 0 Å². The predicted octanol–water partition coefficient (Wildman–Crippen LogP) is 2.58. The normalized spacial score (nSPS) is 19.5. The van der Waals surface area contributed by atoms with Gasteiger partial charge in [-0.1, -0.05) is 10.8 Å². The number of nitro groups is 1. The van der Waals surface area contributed by atoms with Crippen LogP contribution < -0.4 is 0 Å². The summed E-state index contributed by atoms with van der Waals surface area (Å²) in [4.78, 5) is 54.0. The van der Waals surface area contributed by atoms with Crippen LogP contribution in [0.3, 0.4) is 0 Å². The summed E-state index contributed by atoms with van der Waals surface area (Å²) in [6, 6.07) is 1.92. The molecule has 0 aromatic carbocycles. The fourth-order valence-corrected chi connectivity index (χ4v) is 6.27. The van der Waals surface area contributed by atoms with Gasteiger partial charge in [0.2, 0.25) is 11.8 Å². The van der Waals surface area contributed by atoms with Gasteiger partial charge in [0.15, 0.2) is 0 Å². The molecule has 168 valence electrons. The number of hydrogen-bond acceptors (Lipinski definition) is 8. The lowest BCUT2D eigenvalue weighted by Gasteiger charge is -2.36. The van der Waals surface area contributed by atoms with Gasteiger partial charge in [-0.25, -0.2) is 9.78 Å². The fraction of sp³-hybridized carbons (Fsp3) is 0.579. The maximum atomic E-state index is 12.2. The van der Waals surface area contributed by atoms with Gasteiger partial charge in [0.05, 0.1) is 4.92 Å². The number of carbonyl (C=O) groups is 3. The van der Waals surface area contributed by atoms with Gasteiger partial charge in [0.25, 0.3) is 5.69 Å². The van der Waals surface area contributed by atoms with E-state index >= 15 is 0 Å². The van der Waals surface area contributed by atoms with E-state index in [9.17, 15) is 29.6 Å². The number of amides is 2. The van der Waals surface area contributed by atoms with E-state index < -0.39 is 21.7 Å². The van der Waals surface area contributed by atoms with Gasteiger partial charge in [-0.2, -0.15) is 0 Å². The zero-order valence-electron chi connectivity index (χ0n) is 17.1. The molecule has 1 aromatic heterocycles. The number of nitrogens with zero attached hydrogens (tertiary/aromatic N) is 4. The van der Waals surface area contributed by atoms with E-state index in [0.29, 0.717) is 43.9 Å². The number of hydrogen-bond donors (Lipinski definition) is 1. The van der Waals surface area contributed by atoms with Gasteiger partial charge >= 0.3 is 5.97 Å². The summed E-state index contributed by atoms with van der Waals surface area (Å²) in [5, 5.41) is 21.2. The lowest BCUT2D eigenvalue weighted by atomic mass is 9.99. The largest absolute Gasteiger partial charge is 0.480 e. The van der Waals surface area contributed by atoms with Crippen molar-refractivity contribution in [1.29, 1.82) is 0 Å². The number of aliphatic carboxylic acids is 1. The molecule has 2 unspecified atom stereocenters. The Kier molecular flexibility index (Phi) is 7.42. The van der Waals surface area contributed by atoms with E-state index in [1.54, 1.807) is 4.90 Å². The van der Waals surface area contributed by atoms with Crippen LogP contribution in [0.2, 0.25) is 0 Å². The Hall–Kier alpha value is -2.34. The third-order valence-electron chi connectivity index (χ3n) is 5.35. The molecule has 2 atom stereocenters. The predicted molar refractivity (Wildman–Crippen MR) is 116 cm³/mol. The molecule has 31 heavy (non-hydrogen) atoms. The molecular weight excluding hydrogens is 444 g/mol. The molecule has 0 bridgehead atoms. The van der Waals surface area contributed by atoms with Crippen molar-refractivity contribution in [1.82, 2.24) is 14.8 Å². The Morgan fingerprint density at radius 2 is 2.00 bits per heavy atom. The minimum Gasteiger partial charge on any atom is -0.480 e. The second-order valence-corrected chi connectivity index (χ2v) is 10.6. The van der Waals surface area contributed by atoms with E-state index in [0.717, 1.165) is 6.42 Å². The molecule has 10 nitrogen and oxygen atoms in total. The lowest BCUT2D eigenvalue weighted by Crippen LogP contribution is -2.49. The summed E-state index contributed by atoms with van der Waals surface area (Å²) in [7, 11) is 2.65. The van der Waals surface area contributed by atoms with Crippen LogP contribution in [-0.2, 0) is 14.4 Å². The number of aromatic nitrogens is 1. The van der Waals surface area contributed by atoms with Crippen molar-refractivity contribution in [2.24, 2.45) is 0 Å². The van der Waals surface area contributed by atoms with Gasteiger partial charge in [0, 0.05) is 43.3 Å². The van der Waals surface area contributed by atoms with Gasteiger partial charge < -0.3 is 14.9 Å². The first-order valence-corrected chi connectivity index (χ1v) is 12.1. The molecule has 3 rings (SSSR count). The third-order valence-corrected chi connectivity index (χ3v) is 8.52. The molecule has 2 aliphatic rings. The maximum Gasteiger partial charge on any atom is 0.326 e. The molecule has 1 aromatic rings. The monoisotopic (exact) mass is 468 g/mol. The summed E-state index contributed by atoms with van der Waals surface area (Å²) in [5.74, 6) is -1.19. The van der Waals surface area contributed by atoms with E-state index in [1.807, 2.05) is 6.92 Å². The van der Waals surface area contributed by atoms with Crippen molar-refractivity contribution in [3.05, 3.63) is 28.4 Å². The summed E-state index contributed by atoms with van der Waals surface area (Å²) in [5.41, 5.74) is -0.113. The van der Waals surface area contributed by atoms with Crippen molar-refractivity contribution >= 4 is 45.1 Å². The van der Waals surface area contributed by atoms with E-state index in [4.69, 9.17) is 0 Å². The minimum absolute atomic E-state index is 0.0365. The molecule has 0 radical (unpaired) electrons. The molecule has 1 N–H and O–H groups in total. The summed E-state index contributed by atoms with van der Waals surface area (Å²) < 4.78 is -0.681. The highest BCUT2D eigenvalue weighted by atomic mass is 33.1. The van der Waals surface area contributed by atoms with E-state index in [1.165, 1.54) is 44.8 Å². The Morgan fingerprint density at radius 3 is 2.52 bits per heavy atom. The molecule has 2 saturated heterocycles. The highest BCUT2D eigenvalue weighted by molar-refractivity contribution is 8.77. The average molecular weight is 469 g/mol. The van der Waals surface area contributed by atoms with Crippen molar-refractivity contribution in [2.45, 2.75) is 54.8 Å². The van der Waals surface area contributed by atoms with Crippen LogP contribution in [0.1, 0.15) is 39.0 Å². The Balaban J connectivity index is 1.77. The van der Waals surface area contributed by atoms with Gasteiger partial charge in [-0.3, -0.25) is 19.7 Å². The molecule has 0 saturated carbocycles. The SMILES string of the molecule is CC(CC(C(=O)O)N1CCCC1=O)(CN1CCCC1=O)SSc1ccc([N+](=O)[O-])cn1. The zero-order valence-corrected chi connectivity index (χ0v) is 18.7. The quantitative estimate of drug-likeness (QED) is 0.312.